The number of anilines is 1. The Morgan fingerprint density at radius 1 is 1.52 bits per heavy atom. The molecule has 0 aliphatic heterocycles. The lowest BCUT2D eigenvalue weighted by Crippen LogP contribution is -2.37. The molecule has 2 N–H and O–H groups in total. The number of carbonyl (C=O) groups excluding carboxylic acids is 1. The molecule has 0 aliphatic carbocycles. The van der Waals surface area contributed by atoms with Crippen molar-refractivity contribution >= 4 is 17.4 Å². The van der Waals surface area contributed by atoms with Crippen LogP contribution in [0.1, 0.15) is 11.1 Å². The summed E-state index contributed by atoms with van der Waals surface area (Å²) < 4.78 is 0. The SMILES string of the molecule is C=CCN(CCO)C(=O)Nc1c(C)ccc([N+](=O)[O-])c1C. The van der Waals surface area contributed by atoms with E-state index in [0.29, 0.717) is 11.3 Å². The van der Waals surface area contributed by atoms with Gasteiger partial charge in [-0.05, 0) is 19.4 Å². The van der Waals surface area contributed by atoms with Crippen molar-refractivity contribution in [3.8, 4) is 0 Å². The molecule has 0 atom stereocenters. The summed E-state index contributed by atoms with van der Waals surface area (Å²) in [7, 11) is 0. The van der Waals surface area contributed by atoms with E-state index in [1.807, 2.05) is 0 Å². The minimum atomic E-state index is -0.486. The molecule has 0 heterocycles. The zero-order chi connectivity index (χ0) is 16.0. The third-order valence-corrected chi connectivity index (χ3v) is 3.08. The summed E-state index contributed by atoms with van der Waals surface area (Å²) in [5.74, 6) is 0. The van der Waals surface area contributed by atoms with Crippen LogP contribution in [0.2, 0.25) is 0 Å². The van der Waals surface area contributed by atoms with Gasteiger partial charge < -0.3 is 15.3 Å². The summed E-state index contributed by atoms with van der Waals surface area (Å²) in [5.41, 5.74) is 1.50. The van der Waals surface area contributed by atoms with E-state index in [1.54, 1.807) is 26.0 Å². The number of nitrogens with one attached hydrogen (secondary N) is 1. The Labute approximate surface area is 123 Å². The molecule has 0 radical (unpaired) electrons. The summed E-state index contributed by atoms with van der Waals surface area (Å²) >= 11 is 0. The lowest BCUT2D eigenvalue weighted by atomic mass is 10.1. The van der Waals surface area contributed by atoms with Gasteiger partial charge in [0.2, 0.25) is 0 Å². The largest absolute Gasteiger partial charge is 0.395 e. The summed E-state index contributed by atoms with van der Waals surface area (Å²) in [6.07, 6.45) is 1.54. The third kappa shape index (κ3) is 4.03. The number of amides is 2. The van der Waals surface area contributed by atoms with Crippen LogP contribution in [0.5, 0.6) is 0 Å². The number of hydrogen-bond donors (Lipinski definition) is 2. The third-order valence-electron chi connectivity index (χ3n) is 3.08. The smallest absolute Gasteiger partial charge is 0.322 e. The van der Waals surface area contributed by atoms with Gasteiger partial charge in [-0.1, -0.05) is 12.1 Å². The van der Waals surface area contributed by atoms with E-state index in [1.165, 1.54) is 11.0 Å². The van der Waals surface area contributed by atoms with E-state index in [4.69, 9.17) is 5.11 Å². The van der Waals surface area contributed by atoms with Crippen molar-refractivity contribution in [2.75, 3.05) is 25.0 Å². The fraction of sp³-hybridized carbons (Fsp3) is 0.357. The van der Waals surface area contributed by atoms with Crippen molar-refractivity contribution in [3.05, 3.63) is 46.0 Å². The number of rotatable bonds is 6. The molecule has 1 aromatic carbocycles. The summed E-state index contributed by atoms with van der Waals surface area (Å²) in [6.45, 7) is 7.16. The fourth-order valence-electron chi connectivity index (χ4n) is 1.96. The zero-order valence-electron chi connectivity index (χ0n) is 12.1. The van der Waals surface area contributed by atoms with E-state index in [-0.39, 0.29) is 25.4 Å². The van der Waals surface area contributed by atoms with Gasteiger partial charge in [-0.15, -0.1) is 6.58 Å². The summed E-state index contributed by atoms with van der Waals surface area (Å²) in [5, 5.41) is 22.6. The average molecular weight is 293 g/mol. The number of aliphatic hydroxyl groups is 1. The van der Waals surface area contributed by atoms with E-state index in [0.717, 1.165) is 5.56 Å². The Hall–Kier alpha value is -2.41. The second-order valence-electron chi connectivity index (χ2n) is 4.55. The Morgan fingerprint density at radius 2 is 2.19 bits per heavy atom. The molecule has 0 bridgehead atoms. The first kappa shape index (κ1) is 16.6. The van der Waals surface area contributed by atoms with Crippen molar-refractivity contribution in [3.63, 3.8) is 0 Å². The van der Waals surface area contributed by atoms with E-state index >= 15 is 0 Å². The van der Waals surface area contributed by atoms with Crippen molar-refractivity contribution in [1.29, 1.82) is 0 Å². The van der Waals surface area contributed by atoms with Crippen LogP contribution in [0, 0.1) is 24.0 Å². The fourth-order valence-corrected chi connectivity index (χ4v) is 1.96. The van der Waals surface area contributed by atoms with Gasteiger partial charge in [-0.2, -0.15) is 0 Å². The maximum atomic E-state index is 12.2. The number of nitrogens with zero attached hydrogens (tertiary/aromatic N) is 2. The second-order valence-corrected chi connectivity index (χ2v) is 4.55. The highest BCUT2D eigenvalue weighted by Crippen LogP contribution is 2.28. The van der Waals surface area contributed by atoms with Crippen LogP contribution in [0.15, 0.2) is 24.8 Å². The maximum absolute atomic E-state index is 12.2. The number of urea groups is 1. The Balaban J connectivity index is 3.06. The molecule has 7 nitrogen and oxygen atoms in total. The number of aliphatic hydroxyl groups excluding tert-OH is 1. The predicted octanol–water partition coefficient (Wildman–Crippen LogP) is 2.22. The highest BCUT2D eigenvalue weighted by Gasteiger charge is 2.19. The van der Waals surface area contributed by atoms with Gasteiger partial charge in [0.1, 0.15) is 0 Å². The van der Waals surface area contributed by atoms with Crippen molar-refractivity contribution in [2.24, 2.45) is 0 Å². The standard InChI is InChI=1S/C14H19N3O4/c1-4-7-16(8-9-18)14(19)15-13-10(2)5-6-12(11(13)3)17(20)21/h4-6,18H,1,7-9H2,2-3H3,(H,15,19). The maximum Gasteiger partial charge on any atom is 0.322 e. The molecule has 0 fully saturated rings. The quantitative estimate of drug-likeness (QED) is 0.477. The highest BCUT2D eigenvalue weighted by atomic mass is 16.6. The molecule has 0 spiro atoms. The second kappa shape index (κ2) is 7.39. The minimum absolute atomic E-state index is 0.0478. The first-order valence-electron chi connectivity index (χ1n) is 6.44. The van der Waals surface area contributed by atoms with Crippen LogP contribution < -0.4 is 5.32 Å². The minimum Gasteiger partial charge on any atom is -0.395 e. The summed E-state index contributed by atoms with van der Waals surface area (Å²) in [6, 6.07) is 2.57. The number of carbonyl (C=O) groups is 1. The lowest BCUT2D eigenvalue weighted by Gasteiger charge is -2.22. The molecule has 2 amide bonds. The number of benzene rings is 1. The molecule has 21 heavy (non-hydrogen) atoms. The van der Waals surface area contributed by atoms with Gasteiger partial charge in [0.15, 0.2) is 0 Å². The molecule has 0 aliphatic rings. The highest BCUT2D eigenvalue weighted by molar-refractivity contribution is 5.92. The monoisotopic (exact) mass is 293 g/mol. The Kier molecular flexibility index (Phi) is 5.86. The van der Waals surface area contributed by atoms with Crippen molar-refractivity contribution in [2.45, 2.75) is 13.8 Å². The molecule has 1 rings (SSSR count). The molecular formula is C14H19N3O4. The number of nitro benzene ring substituents is 1. The van der Waals surface area contributed by atoms with E-state index < -0.39 is 11.0 Å². The lowest BCUT2D eigenvalue weighted by molar-refractivity contribution is -0.385. The Morgan fingerprint density at radius 3 is 2.71 bits per heavy atom. The number of hydrogen-bond acceptors (Lipinski definition) is 4. The molecule has 1 aromatic rings. The van der Waals surface area contributed by atoms with Gasteiger partial charge in [-0.3, -0.25) is 10.1 Å². The molecule has 7 heteroatoms. The predicted molar refractivity (Wildman–Crippen MR) is 80.4 cm³/mol. The van der Waals surface area contributed by atoms with Gasteiger partial charge in [0.25, 0.3) is 5.69 Å². The van der Waals surface area contributed by atoms with Crippen LogP contribution in [-0.2, 0) is 0 Å². The van der Waals surface area contributed by atoms with Gasteiger partial charge >= 0.3 is 6.03 Å². The first-order valence-corrected chi connectivity index (χ1v) is 6.44. The number of aryl methyl sites for hydroxylation is 1. The average Bonchev–Trinajstić information content (AvgIpc) is 2.42. The topological polar surface area (TPSA) is 95.7 Å². The van der Waals surface area contributed by atoms with Gasteiger partial charge in [0, 0.05) is 19.2 Å². The molecule has 0 unspecified atom stereocenters. The van der Waals surface area contributed by atoms with Crippen LogP contribution in [0.3, 0.4) is 0 Å². The van der Waals surface area contributed by atoms with E-state index in [2.05, 4.69) is 11.9 Å². The molecule has 0 saturated carbocycles. The first-order chi connectivity index (χ1) is 9.92. The van der Waals surface area contributed by atoms with Crippen molar-refractivity contribution in [1.82, 2.24) is 4.90 Å². The van der Waals surface area contributed by atoms with Crippen LogP contribution in [0.25, 0.3) is 0 Å². The molecule has 0 saturated heterocycles. The van der Waals surface area contributed by atoms with Crippen LogP contribution in [-0.4, -0.2) is 40.7 Å². The van der Waals surface area contributed by atoms with Gasteiger partial charge in [-0.25, -0.2) is 4.79 Å². The number of nitro groups is 1. The normalized spacial score (nSPS) is 10.0. The summed E-state index contributed by atoms with van der Waals surface area (Å²) in [4.78, 5) is 24.0. The van der Waals surface area contributed by atoms with E-state index in [9.17, 15) is 14.9 Å². The van der Waals surface area contributed by atoms with Crippen LogP contribution in [0.4, 0.5) is 16.2 Å². The molecular weight excluding hydrogens is 274 g/mol. The molecule has 0 aromatic heterocycles. The van der Waals surface area contributed by atoms with Gasteiger partial charge in [0.05, 0.1) is 22.8 Å². The van der Waals surface area contributed by atoms with Crippen molar-refractivity contribution < 1.29 is 14.8 Å². The molecule has 114 valence electrons. The Bertz CT molecular complexity index is 557. The zero-order valence-corrected chi connectivity index (χ0v) is 12.1. The van der Waals surface area contributed by atoms with Crippen LogP contribution >= 0.6 is 0 Å².